The average molecular weight is 351 g/mol. The standard InChI is InChI=1S/C12H21N3O7S/c1-12(2,3)22-11(19)14-8(10(17)18)6-15-5-7(4-9(15)16)23(13,20)21/h7-8H,4-6H2,1-3H3,(H,14,19)(H,17,18)(H2,13,20,21). The van der Waals surface area contributed by atoms with E-state index in [1.165, 1.54) is 0 Å². The highest BCUT2D eigenvalue weighted by Crippen LogP contribution is 2.17. The minimum absolute atomic E-state index is 0.211. The largest absolute Gasteiger partial charge is 0.480 e. The van der Waals surface area contributed by atoms with Crippen molar-refractivity contribution in [3.05, 3.63) is 0 Å². The van der Waals surface area contributed by atoms with Crippen molar-refractivity contribution < 1.29 is 32.6 Å². The summed E-state index contributed by atoms with van der Waals surface area (Å²) in [5.74, 6) is -1.91. The fourth-order valence-corrected chi connectivity index (χ4v) is 2.75. The molecule has 132 valence electrons. The van der Waals surface area contributed by atoms with Crippen molar-refractivity contribution in [1.82, 2.24) is 10.2 Å². The summed E-state index contributed by atoms with van der Waals surface area (Å²) in [7, 11) is -3.89. The number of nitrogens with zero attached hydrogens (tertiary/aromatic N) is 1. The van der Waals surface area contributed by atoms with Gasteiger partial charge in [0.05, 0.1) is 6.54 Å². The molecule has 0 radical (unpaired) electrons. The van der Waals surface area contributed by atoms with Crippen molar-refractivity contribution in [2.45, 2.75) is 44.1 Å². The Morgan fingerprint density at radius 1 is 1.48 bits per heavy atom. The quantitative estimate of drug-likeness (QED) is 0.564. The van der Waals surface area contributed by atoms with Gasteiger partial charge in [-0.2, -0.15) is 0 Å². The van der Waals surface area contributed by atoms with Gasteiger partial charge in [0.15, 0.2) is 0 Å². The summed E-state index contributed by atoms with van der Waals surface area (Å²) < 4.78 is 27.5. The van der Waals surface area contributed by atoms with Crippen LogP contribution in [0.4, 0.5) is 4.79 Å². The van der Waals surface area contributed by atoms with Gasteiger partial charge in [-0.3, -0.25) is 4.79 Å². The molecule has 1 rings (SSSR count). The number of likely N-dealkylation sites (tertiary alicyclic amines) is 1. The van der Waals surface area contributed by atoms with E-state index in [-0.39, 0.29) is 19.5 Å². The molecule has 0 saturated carbocycles. The number of carboxylic acid groups (broad SMARTS) is 1. The molecule has 4 N–H and O–H groups in total. The number of primary sulfonamides is 1. The molecular formula is C12H21N3O7S. The monoisotopic (exact) mass is 351 g/mol. The fourth-order valence-electron chi connectivity index (χ4n) is 1.99. The van der Waals surface area contributed by atoms with Crippen LogP contribution in [0.15, 0.2) is 0 Å². The minimum atomic E-state index is -3.89. The molecule has 1 heterocycles. The Morgan fingerprint density at radius 2 is 2.04 bits per heavy atom. The highest BCUT2D eigenvalue weighted by atomic mass is 32.2. The van der Waals surface area contributed by atoms with Gasteiger partial charge in [0.25, 0.3) is 0 Å². The van der Waals surface area contributed by atoms with Crippen molar-refractivity contribution in [2.24, 2.45) is 5.14 Å². The number of aliphatic carboxylic acids is 1. The molecule has 2 unspecified atom stereocenters. The second kappa shape index (κ2) is 6.71. The first-order valence-electron chi connectivity index (χ1n) is 6.81. The SMILES string of the molecule is CC(C)(C)OC(=O)NC(CN1CC(S(N)(=O)=O)CC1=O)C(=O)O. The van der Waals surface area contributed by atoms with Crippen molar-refractivity contribution in [3.63, 3.8) is 0 Å². The van der Waals surface area contributed by atoms with E-state index in [2.05, 4.69) is 5.32 Å². The maximum atomic E-state index is 11.8. The fraction of sp³-hybridized carbons (Fsp3) is 0.750. The molecule has 1 saturated heterocycles. The Balaban J connectivity index is 2.72. The number of ether oxygens (including phenoxy) is 1. The van der Waals surface area contributed by atoms with Crippen LogP contribution >= 0.6 is 0 Å². The number of rotatable bonds is 5. The van der Waals surface area contributed by atoms with Crippen LogP contribution in [0, 0.1) is 0 Å². The van der Waals surface area contributed by atoms with Crippen molar-refractivity contribution in [3.8, 4) is 0 Å². The van der Waals surface area contributed by atoms with Crippen molar-refractivity contribution >= 4 is 28.0 Å². The van der Waals surface area contributed by atoms with E-state index >= 15 is 0 Å². The first kappa shape index (κ1) is 19.2. The van der Waals surface area contributed by atoms with Gasteiger partial charge in [0.2, 0.25) is 15.9 Å². The summed E-state index contributed by atoms with van der Waals surface area (Å²) in [6, 6.07) is -1.42. The van der Waals surface area contributed by atoms with Gasteiger partial charge in [-0.15, -0.1) is 0 Å². The van der Waals surface area contributed by atoms with Crippen LogP contribution in [0.25, 0.3) is 0 Å². The van der Waals surface area contributed by atoms with Crippen molar-refractivity contribution in [1.29, 1.82) is 0 Å². The van der Waals surface area contributed by atoms with Crippen LogP contribution in [0.2, 0.25) is 0 Å². The Hall–Kier alpha value is -1.88. The van der Waals surface area contributed by atoms with Gasteiger partial charge >= 0.3 is 12.1 Å². The second-order valence-corrected chi connectivity index (χ2v) is 8.10. The maximum absolute atomic E-state index is 11.8. The average Bonchev–Trinajstić information content (AvgIpc) is 2.67. The summed E-state index contributed by atoms with van der Waals surface area (Å²) >= 11 is 0. The number of carbonyl (C=O) groups excluding carboxylic acids is 2. The number of nitrogens with one attached hydrogen (secondary N) is 1. The third-order valence-corrected chi connectivity index (χ3v) is 4.28. The first-order chi connectivity index (χ1) is 10.3. The summed E-state index contributed by atoms with van der Waals surface area (Å²) in [5.41, 5.74) is -0.810. The molecule has 0 aromatic rings. The number of hydrogen-bond donors (Lipinski definition) is 3. The van der Waals surface area contributed by atoms with E-state index in [4.69, 9.17) is 15.0 Å². The lowest BCUT2D eigenvalue weighted by atomic mass is 10.2. The van der Waals surface area contributed by atoms with E-state index in [0.717, 1.165) is 4.90 Å². The smallest absolute Gasteiger partial charge is 0.408 e. The number of hydrogen-bond acceptors (Lipinski definition) is 6. The maximum Gasteiger partial charge on any atom is 0.408 e. The van der Waals surface area contributed by atoms with Crippen LogP contribution in [0.1, 0.15) is 27.2 Å². The first-order valence-corrected chi connectivity index (χ1v) is 8.42. The molecule has 0 aromatic carbocycles. The number of amides is 2. The van der Waals surface area contributed by atoms with E-state index in [1.807, 2.05) is 0 Å². The lowest BCUT2D eigenvalue weighted by Gasteiger charge is -2.24. The molecule has 11 heteroatoms. The number of carboxylic acids is 1. The van der Waals surface area contributed by atoms with Crippen LogP contribution < -0.4 is 10.5 Å². The Kier molecular flexibility index (Phi) is 5.59. The zero-order valence-corrected chi connectivity index (χ0v) is 13.9. The van der Waals surface area contributed by atoms with E-state index in [1.54, 1.807) is 20.8 Å². The van der Waals surface area contributed by atoms with Gasteiger partial charge in [-0.25, -0.2) is 23.1 Å². The molecule has 2 amide bonds. The number of carbonyl (C=O) groups is 3. The second-order valence-electron chi connectivity index (χ2n) is 6.25. The molecule has 23 heavy (non-hydrogen) atoms. The third-order valence-electron chi connectivity index (χ3n) is 3.04. The molecular weight excluding hydrogens is 330 g/mol. The highest BCUT2D eigenvalue weighted by Gasteiger charge is 2.38. The summed E-state index contributed by atoms with van der Waals surface area (Å²) in [6.45, 7) is 4.26. The molecule has 0 aromatic heterocycles. The molecule has 1 aliphatic rings. The lowest BCUT2D eigenvalue weighted by Crippen LogP contribution is -2.50. The van der Waals surface area contributed by atoms with Gasteiger partial charge in [-0.05, 0) is 20.8 Å². The molecule has 0 spiro atoms. The third kappa shape index (κ3) is 6.02. The van der Waals surface area contributed by atoms with Crippen LogP contribution in [0.5, 0.6) is 0 Å². The zero-order valence-electron chi connectivity index (χ0n) is 13.1. The Morgan fingerprint density at radius 3 is 2.43 bits per heavy atom. The molecule has 10 nitrogen and oxygen atoms in total. The van der Waals surface area contributed by atoms with Crippen LogP contribution in [0.3, 0.4) is 0 Å². The zero-order chi connectivity index (χ0) is 18.0. The minimum Gasteiger partial charge on any atom is -0.480 e. The number of sulfonamides is 1. The van der Waals surface area contributed by atoms with Crippen LogP contribution in [-0.4, -0.2) is 66.4 Å². The van der Waals surface area contributed by atoms with Crippen LogP contribution in [-0.2, 0) is 24.3 Å². The van der Waals surface area contributed by atoms with Gasteiger partial charge in [-0.1, -0.05) is 0 Å². The van der Waals surface area contributed by atoms with E-state index in [9.17, 15) is 22.8 Å². The molecule has 0 bridgehead atoms. The molecule has 1 aliphatic heterocycles. The molecule has 1 fully saturated rings. The van der Waals surface area contributed by atoms with E-state index < -0.39 is 44.9 Å². The number of nitrogens with two attached hydrogens (primary N) is 1. The Bertz CT molecular complexity index is 596. The summed E-state index contributed by atoms with van der Waals surface area (Å²) in [4.78, 5) is 35.7. The summed E-state index contributed by atoms with van der Waals surface area (Å²) in [6.07, 6.45) is -1.25. The van der Waals surface area contributed by atoms with Gasteiger partial charge in [0, 0.05) is 13.0 Å². The normalized spacial score (nSPS) is 20.3. The molecule has 0 aliphatic carbocycles. The Labute approximate surface area is 134 Å². The highest BCUT2D eigenvalue weighted by molar-refractivity contribution is 7.89. The number of alkyl carbamates (subject to hydrolysis) is 1. The van der Waals surface area contributed by atoms with Crippen molar-refractivity contribution in [2.75, 3.05) is 13.1 Å². The van der Waals surface area contributed by atoms with E-state index in [0.29, 0.717) is 0 Å². The topological polar surface area (TPSA) is 156 Å². The predicted molar refractivity (Wildman–Crippen MR) is 78.9 cm³/mol. The van der Waals surface area contributed by atoms with Gasteiger partial charge in [0.1, 0.15) is 16.9 Å². The summed E-state index contributed by atoms with van der Waals surface area (Å²) in [5, 5.41) is 15.2. The predicted octanol–water partition coefficient (Wildman–Crippen LogP) is -1.15. The van der Waals surface area contributed by atoms with Gasteiger partial charge < -0.3 is 20.1 Å². The molecule has 2 atom stereocenters. The lowest BCUT2D eigenvalue weighted by molar-refractivity contribution is -0.140.